The molecular weight excluding hydrogens is 372 g/mol. The quantitative estimate of drug-likeness (QED) is 0.655. The number of fused-ring (bicyclic) bond motifs is 1. The third-order valence-electron chi connectivity index (χ3n) is 5.27. The monoisotopic (exact) mass is 394 g/mol. The van der Waals surface area contributed by atoms with Crippen LogP contribution < -0.4 is 11.2 Å². The number of morpholine rings is 1. The van der Waals surface area contributed by atoms with Gasteiger partial charge in [0, 0.05) is 20.6 Å². The van der Waals surface area contributed by atoms with Gasteiger partial charge in [0.2, 0.25) is 5.91 Å². The van der Waals surface area contributed by atoms with Gasteiger partial charge in [-0.05, 0) is 17.7 Å². The third kappa shape index (κ3) is 3.58. The van der Waals surface area contributed by atoms with Crippen molar-refractivity contribution >= 4 is 16.9 Å². The van der Waals surface area contributed by atoms with Crippen molar-refractivity contribution in [3.8, 4) is 0 Å². The zero-order valence-electron chi connectivity index (χ0n) is 16.4. The maximum Gasteiger partial charge on any atom is 0.332 e. The molecule has 1 amide bonds. The van der Waals surface area contributed by atoms with Crippen molar-refractivity contribution in [2.75, 3.05) is 19.7 Å². The molecule has 0 unspecified atom stereocenters. The van der Waals surface area contributed by atoms with Crippen LogP contribution in [0.4, 0.5) is 0 Å². The Morgan fingerprint density at radius 1 is 1.10 bits per heavy atom. The number of carbonyl (C=O) groups is 1. The lowest BCUT2D eigenvalue weighted by Crippen LogP contribution is -2.43. The minimum atomic E-state index is -0.434. The molecule has 29 heavy (non-hydrogen) atoms. The van der Waals surface area contributed by atoms with E-state index < -0.39 is 11.8 Å². The number of carbonyl (C=O) groups excluding carboxylic acids is 1. The van der Waals surface area contributed by atoms with Gasteiger partial charge < -0.3 is 9.64 Å². The number of hydrogen-bond acceptors (Lipinski definition) is 5. The molecule has 1 aromatic carbocycles. The van der Waals surface area contributed by atoms with Gasteiger partial charge >= 0.3 is 5.69 Å². The van der Waals surface area contributed by atoms with Crippen LogP contribution in [0.1, 0.15) is 17.4 Å². The van der Waals surface area contributed by atoms with Crippen LogP contribution in [0.5, 0.6) is 0 Å². The number of nitrogens with zero attached hydrogens (tertiary/aromatic N) is 4. The number of aromatic nitrogens is 3. The summed E-state index contributed by atoms with van der Waals surface area (Å²) >= 11 is 0. The fourth-order valence-corrected chi connectivity index (χ4v) is 3.59. The van der Waals surface area contributed by atoms with Gasteiger partial charge in [-0.1, -0.05) is 30.3 Å². The second kappa shape index (κ2) is 7.63. The highest BCUT2D eigenvalue weighted by atomic mass is 16.5. The van der Waals surface area contributed by atoms with E-state index in [2.05, 4.69) is 4.98 Å². The molecule has 8 nitrogen and oxygen atoms in total. The number of rotatable bonds is 3. The van der Waals surface area contributed by atoms with Gasteiger partial charge in [0.15, 0.2) is 0 Å². The van der Waals surface area contributed by atoms with Crippen molar-refractivity contribution < 1.29 is 9.53 Å². The van der Waals surface area contributed by atoms with Crippen molar-refractivity contribution in [3.63, 3.8) is 0 Å². The summed E-state index contributed by atoms with van der Waals surface area (Å²) in [6.45, 7) is 1.30. The van der Waals surface area contributed by atoms with E-state index in [0.717, 1.165) is 10.1 Å². The Morgan fingerprint density at radius 3 is 2.62 bits per heavy atom. The summed E-state index contributed by atoms with van der Waals surface area (Å²) in [6, 6.07) is 13.0. The molecule has 1 fully saturated rings. The molecular formula is C21H22N4O4. The van der Waals surface area contributed by atoms with Crippen molar-refractivity contribution in [2.45, 2.75) is 12.5 Å². The number of pyridine rings is 1. The molecule has 0 spiro atoms. The van der Waals surface area contributed by atoms with E-state index in [9.17, 15) is 14.4 Å². The Labute approximate surface area is 167 Å². The average Bonchev–Trinajstić information content (AvgIpc) is 2.76. The summed E-state index contributed by atoms with van der Waals surface area (Å²) in [7, 11) is 3.02. The molecule has 1 saturated heterocycles. The third-order valence-corrected chi connectivity index (χ3v) is 5.27. The summed E-state index contributed by atoms with van der Waals surface area (Å²) in [5.41, 5.74) is 1.06. The number of hydrogen-bond donors (Lipinski definition) is 0. The van der Waals surface area contributed by atoms with Crippen LogP contribution in [-0.2, 0) is 30.0 Å². The number of benzene rings is 1. The first-order valence-electron chi connectivity index (χ1n) is 9.45. The highest BCUT2D eigenvalue weighted by molar-refractivity contribution is 5.79. The summed E-state index contributed by atoms with van der Waals surface area (Å²) in [5.74, 6) is 0.0339. The SMILES string of the molecule is Cn1c(=O)c2ccc([C@@H]3CN(C(=O)Cc4ccccc4)CCO3)nc2n(C)c1=O. The van der Waals surface area contributed by atoms with Gasteiger partial charge in [-0.15, -0.1) is 0 Å². The zero-order chi connectivity index (χ0) is 20.5. The topological polar surface area (TPSA) is 86.4 Å². The van der Waals surface area contributed by atoms with Crippen LogP contribution in [0.25, 0.3) is 11.0 Å². The van der Waals surface area contributed by atoms with Gasteiger partial charge in [0.25, 0.3) is 5.56 Å². The first-order chi connectivity index (χ1) is 14.0. The molecule has 3 aromatic rings. The molecule has 0 radical (unpaired) electrons. The number of ether oxygens (including phenoxy) is 1. The van der Waals surface area contributed by atoms with Crippen LogP contribution in [0.2, 0.25) is 0 Å². The zero-order valence-corrected chi connectivity index (χ0v) is 16.4. The Bertz CT molecular complexity index is 1180. The van der Waals surface area contributed by atoms with E-state index in [-0.39, 0.29) is 11.5 Å². The lowest BCUT2D eigenvalue weighted by molar-refractivity contribution is -0.138. The predicted molar refractivity (Wildman–Crippen MR) is 108 cm³/mol. The van der Waals surface area contributed by atoms with Gasteiger partial charge in [-0.3, -0.25) is 18.7 Å². The number of aryl methyl sites for hydroxylation is 1. The molecule has 3 heterocycles. The Kier molecular flexibility index (Phi) is 5.02. The molecule has 0 aliphatic carbocycles. The van der Waals surface area contributed by atoms with Crippen LogP contribution in [-0.4, -0.2) is 44.6 Å². The van der Waals surface area contributed by atoms with E-state index in [4.69, 9.17) is 4.74 Å². The van der Waals surface area contributed by atoms with Gasteiger partial charge in [-0.25, -0.2) is 9.78 Å². The molecule has 0 N–H and O–H groups in total. The highest BCUT2D eigenvalue weighted by Gasteiger charge is 2.27. The molecule has 0 bridgehead atoms. The fourth-order valence-electron chi connectivity index (χ4n) is 3.59. The molecule has 1 aliphatic rings. The summed E-state index contributed by atoms with van der Waals surface area (Å²) in [5, 5.41) is 0.367. The maximum absolute atomic E-state index is 12.7. The van der Waals surface area contributed by atoms with Crippen molar-refractivity contribution in [3.05, 3.63) is 74.6 Å². The lowest BCUT2D eigenvalue weighted by Gasteiger charge is -2.33. The van der Waals surface area contributed by atoms with E-state index in [1.54, 1.807) is 24.1 Å². The van der Waals surface area contributed by atoms with E-state index >= 15 is 0 Å². The molecule has 2 aromatic heterocycles. The smallest absolute Gasteiger partial charge is 0.332 e. The standard InChI is InChI=1S/C21H22N4O4/c1-23-19-15(20(27)24(2)21(23)28)8-9-16(22-19)17-13-25(10-11-29-17)18(26)12-14-6-4-3-5-7-14/h3-9,17H,10-13H2,1-2H3/t17-/m0/s1. The molecule has 4 rings (SSSR count). The van der Waals surface area contributed by atoms with Gasteiger partial charge in [0.05, 0.1) is 30.7 Å². The van der Waals surface area contributed by atoms with Crippen molar-refractivity contribution in [1.82, 2.24) is 19.0 Å². The summed E-state index contributed by atoms with van der Waals surface area (Å²) < 4.78 is 8.25. The molecule has 1 aliphatic heterocycles. The minimum Gasteiger partial charge on any atom is -0.368 e. The first-order valence-corrected chi connectivity index (χ1v) is 9.45. The molecule has 1 atom stereocenters. The summed E-state index contributed by atoms with van der Waals surface area (Å²) in [4.78, 5) is 43.5. The van der Waals surface area contributed by atoms with Crippen molar-refractivity contribution in [1.29, 1.82) is 0 Å². The van der Waals surface area contributed by atoms with Crippen LogP contribution >= 0.6 is 0 Å². The maximum atomic E-state index is 12.7. The second-order valence-electron chi connectivity index (χ2n) is 7.17. The van der Waals surface area contributed by atoms with Gasteiger partial charge in [0.1, 0.15) is 11.8 Å². The highest BCUT2D eigenvalue weighted by Crippen LogP contribution is 2.22. The van der Waals surface area contributed by atoms with Crippen LogP contribution in [0.15, 0.2) is 52.1 Å². The molecule has 0 saturated carbocycles. The van der Waals surface area contributed by atoms with E-state index in [1.807, 2.05) is 30.3 Å². The fraction of sp³-hybridized carbons (Fsp3) is 0.333. The largest absolute Gasteiger partial charge is 0.368 e. The summed E-state index contributed by atoms with van der Waals surface area (Å²) in [6.07, 6.45) is -0.0736. The predicted octanol–water partition coefficient (Wildman–Crippen LogP) is 0.775. The van der Waals surface area contributed by atoms with Crippen LogP contribution in [0, 0.1) is 0 Å². The van der Waals surface area contributed by atoms with Crippen molar-refractivity contribution in [2.24, 2.45) is 14.1 Å². The Hall–Kier alpha value is -3.26. The number of amides is 1. The first kappa shape index (κ1) is 19.1. The van der Waals surface area contributed by atoms with Gasteiger partial charge in [-0.2, -0.15) is 0 Å². The van der Waals surface area contributed by atoms with E-state index in [1.165, 1.54) is 11.6 Å². The van der Waals surface area contributed by atoms with Crippen LogP contribution in [0.3, 0.4) is 0 Å². The Morgan fingerprint density at radius 2 is 1.86 bits per heavy atom. The normalized spacial score (nSPS) is 16.9. The average molecular weight is 394 g/mol. The van der Waals surface area contributed by atoms with E-state index in [0.29, 0.717) is 42.8 Å². The second-order valence-corrected chi connectivity index (χ2v) is 7.17. The Balaban J connectivity index is 1.60. The molecule has 150 valence electrons. The lowest BCUT2D eigenvalue weighted by atomic mass is 10.1. The molecule has 8 heteroatoms. The minimum absolute atomic E-state index is 0.0339.